The molecule has 2 aromatic rings. The summed E-state index contributed by atoms with van der Waals surface area (Å²) in [6.07, 6.45) is 7.95. The van der Waals surface area contributed by atoms with Gasteiger partial charge in [0.1, 0.15) is 0 Å². The van der Waals surface area contributed by atoms with Crippen LogP contribution in [0.25, 0.3) is 0 Å². The number of urea groups is 1. The molecule has 0 saturated carbocycles. The molecule has 8 nitrogen and oxygen atoms in total. The van der Waals surface area contributed by atoms with E-state index in [2.05, 4.69) is 30.8 Å². The van der Waals surface area contributed by atoms with Crippen molar-refractivity contribution in [2.75, 3.05) is 24.3 Å². The molecule has 0 aliphatic heterocycles. The van der Waals surface area contributed by atoms with Crippen LogP contribution < -0.4 is 15.5 Å². The number of hydrogen-bond donors (Lipinski definition) is 3. The molecule has 0 fully saturated rings. The SMILES string of the molecule is CN(C)c1ncc(NC(=O)N[C@H]2CCCc3cn[nH]c32)cn1. The van der Waals surface area contributed by atoms with Crippen LogP contribution in [-0.4, -0.2) is 40.3 Å². The van der Waals surface area contributed by atoms with E-state index in [1.165, 1.54) is 5.56 Å². The van der Waals surface area contributed by atoms with Gasteiger partial charge >= 0.3 is 6.03 Å². The Morgan fingerprint density at radius 1 is 1.32 bits per heavy atom. The summed E-state index contributed by atoms with van der Waals surface area (Å²) in [5, 5.41) is 12.7. The Morgan fingerprint density at radius 3 is 2.82 bits per heavy atom. The van der Waals surface area contributed by atoms with Crippen LogP contribution in [0.1, 0.15) is 30.1 Å². The Kier molecular flexibility index (Phi) is 3.90. The number of anilines is 2. The van der Waals surface area contributed by atoms with Gasteiger partial charge in [0.05, 0.1) is 36.0 Å². The molecule has 3 N–H and O–H groups in total. The largest absolute Gasteiger partial charge is 0.347 e. The van der Waals surface area contributed by atoms with E-state index in [0.29, 0.717) is 11.6 Å². The van der Waals surface area contributed by atoms with Crippen molar-refractivity contribution in [3.8, 4) is 0 Å². The Balaban J connectivity index is 1.61. The molecule has 1 aliphatic carbocycles. The van der Waals surface area contributed by atoms with Crippen LogP contribution in [0, 0.1) is 0 Å². The van der Waals surface area contributed by atoms with Gasteiger partial charge in [0.15, 0.2) is 0 Å². The van der Waals surface area contributed by atoms with Gasteiger partial charge in [-0.15, -0.1) is 0 Å². The van der Waals surface area contributed by atoms with E-state index in [1.807, 2.05) is 20.3 Å². The Bertz CT molecular complexity index is 649. The van der Waals surface area contributed by atoms with Crippen molar-refractivity contribution in [1.29, 1.82) is 0 Å². The molecule has 2 amide bonds. The fourth-order valence-electron chi connectivity index (χ4n) is 2.55. The van der Waals surface area contributed by atoms with Gasteiger partial charge in [-0.3, -0.25) is 5.10 Å². The maximum Gasteiger partial charge on any atom is 0.319 e. The monoisotopic (exact) mass is 301 g/mol. The minimum atomic E-state index is -0.270. The van der Waals surface area contributed by atoms with Crippen LogP contribution in [0.2, 0.25) is 0 Å². The first kappa shape index (κ1) is 14.3. The fourth-order valence-corrected chi connectivity index (χ4v) is 2.55. The molecule has 0 bridgehead atoms. The van der Waals surface area contributed by atoms with Gasteiger partial charge < -0.3 is 15.5 Å². The third kappa shape index (κ3) is 3.00. The quantitative estimate of drug-likeness (QED) is 0.797. The second-order valence-corrected chi connectivity index (χ2v) is 5.52. The van der Waals surface area contributed by atoms with Crippen LogP contribution in [-0.2, 0) is 6.42 Å². The summed E-state index contributed by atoms with van der Waals surface area (Å²) in [5.41, 5.74) is 2.74. The summed E-state index contributed by atoms with van der Waals surface area (Å²) in [6, 6.07) is -0.304. The average molecular weight is 301 g/mol. The predicted molar refractivity (Wildman–Crippen MR) is 82.8 cm³/mol. The summed E-state index contributed by atoms with van der Waals surface area (Å²) in [4.78, 5) is 22.2. The smallest absolute Gasteiger partial charge is 0.319 e. The number of fused-ring (bicyclic) bond motifs is 1. The lowest BCUT2D eigenvalue weighted by molar-refractivity contribution is 0.246. The van der Waals surface area contributed by atoms with Gasteiger partial charge in [-0.05, 0) is 24.8 Å². The number of H-pyrrole nitrogens is 1. The second kappa shape index (κ2) is 6.00. The lowest BCUT2D eigenvalue weighted by Gasteiger charge is -2.23. The standard InChI is InChI=1S/C14H19N7O/c1-21(2)13-15-7-10(8-16-13)18-14(22)19-11-5-3-4-9-6-17-20-12(9)11/h6-8,11H,3-5H2,1-2H3,(H,17,20)(H2,18,19,22)/t11-/m0/s1. The molecule has 0 unspecified atom stereocenters. The van der Waals surface area contributed by atoms with E-state index in [-0.39, 0.29) is 12.1 Å². The summed E-state index contributed by atoms with van der Waals surface area (Å²) in [5.74, 6) is 0.598. The predicted octanol–water partition coefficient (Wildman–Crippen LogP) is 1.46. The molecule has 116 valence electrons. The van der Waals surface area contributed by atoms with Gasteiger partial charge in [0.25, 0.3) is 0 Å². The summed E-state index contributed by atoms with van der Waals surface area (Å²) in [6.45, 7) is 0. The number of nitrogens with one attached hydrogen (secondary N) is 3. The first-order chi connectivity index (χ1) is 10.6. The number of amides is 2. The Hall–Kier alpha value is -2.64. The summed E-state index contributed by atoms with van der Waals surface area (Å²) < 4.78 is 0. The van der Waals surface area contributed by atoms with Crippen molar-refractivity contribution in [2.45, 2.75) is 25.3 Å². The molecule has 3 rings (SSSR count). The zero-order valence-electron chi connectivity index (χ0n) is 12.6. The number of rotatable bonds is 3. The van der Waals surface area contributed by atoms with Crippen LogP contribution >= 0.6 is 0 Å². The molecule has 8 heteroatoms. The van der Waals surface area contributed by atoms with Gasteiger partial charge in [0.2, 0.25) is 5.95 Å². The minimum Gasteiger partial charge on any atom is -0.347 e. The van der Waals surface area contributed by atoms with E-state index in [9.17, 15) is 4.79 Å². The van der Waals surface area contributed by atoms with E-state index < -0.39 is 0 Å². The number of hydrogen-bond acceptors (Lipinski definition) is 5. The molecule has 0 spiro atoms. The van der Waals surface area contributed by atoms with Crippen LogP contribution in [0.5, 0.6) is 0 Å². The molecule has 1 atom stereocenters. The van der Waals surface area contributed by atoms with E-state index in [1.54, 1.807) is 17.3 Å². The number of nitrogens with zero attached hydrogens (tertiary/aromatic N) is 4. The molecule has 2 heterocycles. The highest BCUT2D eigenvalue weighted by molar-refractivity contribution is 5.89. The number of carbonyl (C=O) groups excluding carboxylic acids is 1. The highest BCUT2D eigenvalue weighted by Gasteiger charge is 2.23. The molecule has 0 radical (unpaired) electrons. The van der Waals surface area contributed by atoms with Crippen molar-refractivity contribution in [2.24, 2.45) is 0 Å². The molecule has 1 aliphatic rings. The molecular formula is C14H19N7O. The lowest BCUT2D eigenvalue weighted by Crippen LogP contribution is -2.34. The van der Waals surface area contributed by atoms with Gasteiger partial charge in [-0.2, -0.15) is 5.10 Å². The van der Waals surface area contributed by atoms with E-state index >= 15 is 0 Å². The number of aromatic nitrogens is 4. The van der Waals surface area contributed by atoms with Crippen molar-refractivity contribution >= 4 is 17.7 Å². The van der Waals surface area contributed by atoms with Gasteiger partial charge in [0, 0.05) is 14.1 Å². The van der Waals surface area contributed by atoms with Gasteiger partial charge in [-0.25, -0.2) is 14.8 Å². The van der Waals surface area contributed by atoms with Crippen molar-refractivity contribution in [3.05, 3.63) is 29.8 Å². The Morgan fingerprint density at radius 2 is 2.09 bits per heavy atom. The number of aromatic amines is 1. The average Bonchev–Trinajstić information content (AvgIpc) is 2.97. The fraction of sp³-hybridized carbons (Fsp3) is 0.429. The number of aryl methyl sites for hydroxylation is 1. The summed E-state index contributed by atoms with van der Waals surface area (Å²) >= 11 is 0. The van der Waals surface area contributed by atoms with Crippen molar-refractivity contribution < 1.29 is 4.79 Å². The van der Waals surface area contributed by atoms with Crippen LogP contribution in [0.3, 0.4) is 0 Å². The Labute approximate surface area is 128 Å². The van der Waals surface area contributed by atoms with Crippen LogP contribution in [0.4, 0.5) is 16.4 Å². The molecular weight excluding hydrogens is 282 g/mol. The normalized spacial score (nSPS) is 16.7. The highest BCUT2D eigenvalue weighted by Crippen LogP contribution is 2.27. The topological polar surface area (TPSA) is 98.8 Å². The van der Waals surface area contributed by atoms with Gasteiger partial charge in [-0.1, -0.05) is 0 Å². The van der Waals surface area contributed by atoms with Crippen LogP contribution in [0.15, 0.2) is 18.6 Å². The van der Waals surface area contributed by atoms with E-state index in [0.717, 1.165) is 25.0 Å². The zero-order chi connectivity index (χ0) is 15.5. The first-order valence-corrected chi connectivity index (χ1v) is 7.22. The zero-order valence-corrected chi connectivity index (χ0v) is 12.6. The van der Waals surface area contributed by atoms with Crippen molar-refractivity contribution in [3.63, 3.8) is 0 Å². The third-order valence-corrected chi connectivity index (χ3v) is 3.64. The molecule has 22 heavy (non-hydrogen) atoms. The maximum absolute atomic E-state index is 12.1. The maximum atomic E-state index is 12.1. The number of carbonyl (C=O) groups is 1. The lowest BCUT2D eigenvalue weighted by atomic mass is 9.94. The van der Waals surface area contributed by atoms with Crippen molar-refractivity contribution in [1.82, 2.24) is 25.5 Å². The molecule has 0 aromatic carbocycles. The second-order valence-electron chi connectivity index (χ2n) is 5.52. The minimum absolute atomic E-state index is 0.0341. The molecule has 2 aromatic heterocycles. The molecule has 0 saturated heterocycles. The third-order valence-electron chi connectivity index (χ3n) is 3.64. The highest BCUT2D eigenvalue weighted by atomic mass is 16.2. The first-order valence-electron chi connectivity index (χ1n) is 7.22. The van der Waals surface area contributed by atoms with E-state index in [4.69, 9.17) is 0 Å². The summed E-state index contributed by atoms with van der Waals surface area (Å²) in [7, 11) is 3.72.